The number of carbonyl (C=O) groups excluding carboxylic acids is 1. The maximum Gasteiger partial charge on any atom is 0.344 e. The normalized spacial score (nSPS) is 13.7. The van der Waals surface area contributed by atoms with E-state index in [0.29, 0.717) is 10.0 Å². The van der Waals surface area contributed by atoms with Crippen molar-refractivity contribution in [2.45, 2.75) is 13.5 Å². The molecule has 0 atom stereocenters. The Morgan fingerprint density at radius 3 is 2.89 bits per heavy atom. The fraction of sp³-hybridized carbons (Fsp3) is 0.231. The van der Waals surface area contributed by atoms with Crippen molar-refractivity contribution in [3.63, 3.8) is 0 Å². The number of carbonyl (C=O) groups is 1. The molecule has 1 aliphatic heterocycles. The summed E-state index contributed by atoms with van der Waals surface area (Å²) in [6.07, 6.45) is 2.04. The average molecular weight is 314 g/mol. The van der Waals surface area contributed by atoms with E-state index in [4.69, 9.17) is 23.2 Å². The van der Waals surface area contributed by atoms with Gasteiger partial charge in [0.1, 0.15) is 19.3 Å². The zero-order valence-electron chi connectivity index (χ0n) is 10.2. The van der Waals surface area contributed by atoms with Crippen LogP contribution in [0.15, 0.2) is 24.4 Å². The molecule has 0 fully saturated rings. The number of rotatable bonds is 1. The summed E-state index contributed by atoms with van der Waals surface area (Å²) >= 11 is 13.7. The van der Waals surface area contributed by atoms with E-state index in [9.17, 15) is 4.79 Å². The summed E-state index contributed by atoms with van der Waals surface area (Å²) in [4.78, 5) is 14.4. The number of amides is 1. The van der Waals surface area contributed by atoms with E-state index < -0.39 is 0 Å². The lowest BCUT2D eigenvalue weighted by atomic mass is 10.2. The van der Waals surface area contributed by atoms with Gasteiger partial charge < -0.3 is 0 Å². The number of fused-ring (bicyclic) bond motifs is 1. The number of halogens is 2. The second-order valence-corrected chi connectivity index (χ2v) is 6.22. The molecular formula is C13H11Cl2N2OS+. The quantitative estimate of drug-likeness (QED) is 0.741. The third kappa shape index (κ3) is 2.24. The largest absolute Gasteiger partial charge is 0.344 e. The summed E-state index contributed by atoms with van der Waals surface area (Å²) in [6, 6.07) is 5.46. The second kappa shape index (κ2) is 4.78. The van der Waals surface area contributed by atoms with Gasteiger partial charge in [0, 0.05) is 17.5 Å². The van der Waals surface area contributed by atoms with Crippen molar-refractivity contribution in [3.8, 4) is 10.4 Å². The molecule has 98 valence electrons. The van der Waals surface area contributed by atoms with Gasteiger partial charge in [0.15, 0.2) is 0 Å². The Bertz CT molecular complexity index is 669. The third-order valence-corrected chi connectivity index (χ3v) is 4.82. The Morgan fingerprint density at radius 2 is 2.21 bits per heavy atom. The minimum atomic E-state index is 0.0712. The number of aromatic nitrogens is 1. The van der Waals surface area contributed by atoms with E-state index in [1.165, 1.54) is 0 Å². The highest BCUT2D eigenvalue weighted by atomic mass is 35.5. The molecule has 2 heterocycles. The Hall–Kier alpha value is -1.10. The lowest BCUT2D eigenvalue weighted by molar-refractivity contribution is -0.666. The van der Waals surface area contributed by atoms with Crippen LogP contribution in [-0.4, -0.2) is 12.5 Å². The van der Waals surface area contributed by atoms with Gasteiger partial charge in [-0.2, -0.15) is 4.90 Å². The third-order valence-electron chi connectivity index (χ3n) is 3.09. The highest BCUT2D eigenvalue weighted by molar-refractivity contribution is 7.18. The molecule has 0 saturated heterocycles. The summed E-state index contributed by atoms with van der Waals surface area (Å²) < 4.78 is 2.09. The maximum atomic E-state index is 11.5. The van der Waals surface area contributed by atoms with E-state index >= 15 is 0 Å². The van der Waals surface area contributed by atoms with Crippen LogP contribution < -0.4 is 9.47 Å². The van der Waals surface area contributed by atoms with Crippen LogP contribution in [0.2, 0.25) is 10.0 Å². The predicted molar refractivity (Wildman–Crippen MR) is 78.0 cm³/mol. The predicted octanol–water partition coefficient (Wildman–Crippen LogP) is 3.38. The minimum Gasteiger partial charge on any atom is -0.247 e. The smallest absolute Gasteiger partial charge is 0.247 e. The van der Waals surface area contributed by atoms with Crippen molar-refractivity contribution in [1.29, 1.82) is 0 Å². The van der Waals surface area contributed by atoms with E-state index in [1.54, 1.807) is 29.2 Å². The highest BCUT2D eigenvalue weighted by Crippen LogP contribution is 2.36. The van der Waals surface area contributed by atoms with Gasteiger partial charge in [0.25, 0.3) is 0 Å². The molecule has 6 heteroatoms. The van der Waals surface area contributed by atoms with Crippen molar-refractivity contribution in [3.05, 3.63) is 34.4 Å². The van der Waals surface area contributed by atoms with E-state index in [-0.39, 0.29) is 5.91 Å². The topological polar surface area (TPSA) is 24.2 Å². The Morgan fingerprint density at radius 1 is 1.42 bits per heavy atom. The van der Waals surface area contributed by atoms with Crippen LogP contribution in [0.3, 0.4) is 0 Å². The van der Waals surface area contributed by atoms with Gasteiger partial charge >= 0.3 is 11.0 Å². The van der Waals surface area contributed by atoms with Gasteiger partial charge in [-0.1, -0.05) is 29.3 Å². The Labute approximate surface area is 125 Å². The lowest BCUT2D eigenvalue weighted by Gasteiger charge is -2.02. The van der Waals surface area contributed by atoms with Crippen molar-refractivity contribution >= 4 is 45.6 Å². The molecular weight excluding hydrogens is 303 g/mol. The zero-order valence-corrected chi connectivity index (χ0v) is 12.5. The van der Waals surface area contributed by atoms with Gasteiger partial charge in [-0.25, -0.2) is 9.36 Å². The number of hydrogen-bond donors (Lipinski definition) is 0. The van der Waals surface area contributed by atoms with Crippen LogP contribution in [0.1, 0.15) is 6.92 Å². The summed E-state index contributed by atoms with van der Waals surface area (Å²) in [5.41, 5.74) is 0.946. The molecule has 0 radical (unpaired) electrons. The molecule has 3 nitrogen and oxygen atoms in total. The molecule has 3 rings (SSSR count). The summed E-state index contributed by atoms with van der Waals surface area (Å²) in [5.74, 6) is 0.0712. The lowest BCUT2D eigenvalue weighted by Crippen LogP contribution is -2.28. The van der Waals surface area contributed by atoms with Crippen molar-refractivity contribution in [2.75, 3.05) is 11.4 Å². The van der Waals surface area contributed by atoms with Crippen LogP contribution in [0.25, 0.3) is 10.4 Å². The summed E-state index contributed by atoms with van der Waals surface area (Å²) in [6.45, 7) is 3.16. The molecule has 0 aliphatic carbocycles. The molecule has 19 heavy (non-hydrogen) atoms. The molecule has 1 aromatic heterocycles. The first-order chi connectivity index (χ1) is 9.06. The molecule has 1 aliphatic rings. The second-order valence-electron chi connectivity index (χ2n) is 4.37. The summed E-state index contributed by atoms with van der Waals surface area (Å²) in [7, 11) is 0. The van der Waals surface area contributed by atoms with Crippen molar-refractivity contribution < 1.29 is 9.36 Å². The van der Waals surface area contributed by atoms with E-state index in [0.717, 1.165) is 28.7 Å². The van der Waals surface area contributed by atoms with Gasteiger partial charge in [0.05, 0.1) is 9.90 Å². The van der Waals surface area contributed by atoms with Crippen LogP contribution >= 0.6 is 34.5 Å². The van der Waals surface area contributed by atoms with Gasteiger partial charge in [-0.15, -0.1) is 0 Å². The molecule has 0 unspecified atom stereocenters. The molecule has 2 aromatic rings. The number of anilines is 1. The zero-order chi connectivity index (χ0) is 13.6. The highest BCUT2D eigenvalue weighted by Gasteiger charge is 2.34. The van der Waals surface area contributed by atoms with E-state index in [1.807, 2.05) is 18.3 Å². The van der Waals surface area contributed by atoms with Crippen LogP contribution in [0.5, 0.6) is 0 Å². The molecule has 0 bridgehead atoms. The molecule has 1 aromatic carbocycles. The monoisotopic (exact) mass is 313 g/mol. The van der Waals surface area contributed by atoms with Gasteiger partial charge in [-0.3, -0.25) is 0 Å². The Kier molecular flexibility index (Phi) is 3.25. The first-order valence-electron chi connectivity index (χ1n) is 5.83. The standard InChI is InChI=1S/C13H11Cl2N2OS/c1-8(18)17-5-4-16-7-12(19-13(16)17)10-3-2-9(14)6-11(10)15/h2-3,6-7H,4-5H2,1H3/q+1. The molecule has 0 saturated carbocycles. The fourth-order valence-electron chi connectivity index (χ4n) is 2.16. The number of benzene rings is 1. The van der Waals surface area contributed by atoms with Crippen LogP contribution in [0.4, 0.5) is 5.13 Å². The Balaban J connectivity index is 2.04. The van der Waals surface area contributed by atoms with Crippen LogP contribution in [-0.2, 0) is 11.3 Å². The van der Waals surface area contributed by atoms with Gasteiger partial charge in [0.2, 0.25) is 0 Å². The molecule has 0 N–H and O–H groups in total. The minimum absolute atomic E-state index is 0.0712. The van der Waals surface area contributed by atoms with Crippen LogP contribution in [0, 0.1) is 0 Å². The fourth-order valence-corrected chi connectivity index (χ4v) is 3.98. The van der Waals surface area contributed by atoms with Crippen molar-refractivity contribution in [2.24, 2.45) is 0 Å². The number of nitrogens with zero attached hydrogens (tertiary/aromatic N) is 2. The number of hydrogen-bond acceptors (Lipinski definition) is 2. The average Bonchev–Trinajstić information content (AvgIpc) is 2.87. The summed E-state index contributed by atoms with van der Waals surface area (Å²) in [5, 5.41) is 2.21. The van der Waals surface area contributed by atoms with Gasteiger partial charge in [-0.05, 0) is 23.5 Å². The SMILES string of the molecule is CC(=O)N1CC[n+]2cc(-c3ccc(Cl)cc3Cl)sc21. The first-order valence-corrected chi connectivity index (χ1v) is 7.40. The molecule has 0 spiro atoms. The van der Waals surface area contributed by atoms with E-state index in [2.05, 4.69) is 4.57 Å². The maximum absolute atomic E-state index is 11.5. The number of thiazole rings is 1. The molecule has 1 amide bonds. The van der Waals surface area contributed by atoms with Crippen molar-refractivity contribution in [1.82, 2.24) is 0 Å². The first kappa shape index (κ1) is 12.9.